The van der Waals surface area contributed by atoms with Crippen LogP contribution < -0.4 is 5.73 Å². The zero-order valence-corrected chi connectivity index (χ0v) is 8.18. The molecule has 0 aliphatic heterocycles. The number of halogens is 3. The molecule has 0 aromatic heterocycles. The van der Waals surface area contributed by atoms with Gasteiger partial charge in [-0.2, -0.15) is 0 Å². The zero-order chi connectivity index (χ0) is 10.0. The summed E-state index contributed by atoms with van der Waals surface area (Å²) in [6, 6.07) is 1.19. The van der Waals surface area contributed by atoms with Crippen molar-refractivity contribution in [3.8, 4) is 0 Å². The van der Waals surface area contributed by atoms with E-state index in [-0.39, 0.29) is 5.56 Å². The number of rotatable bonds is 2. The molecule has 3 N–H and O–H groups in total. The SMILES string of the molecule is N[C@H](CO)c1c(F)cc(Br)cc1F. The van der Waals surface area contributed by atoms with Gasteiger partial charge in [-0.25, -0.2) is 8.78 Å². The van der Waals surface area contributed by atoms with Crippen LogP contribution in [0.3, 0.4) is 0 Å². The van der Waals surface area contributed by atoms with Crippen molar-refractivity contribution in [3.05, 3.63) is 33.8 Å². The summed E-state index contributed by atoms with van der Waals surface area (Å²) < 4.78 is 26.5. The minimum Gasteiger partial charge on any atom is -0.394 e. The molecule has 0 fully saturated rings. The lowest BCUT2D eigenvalue weighted by atomic mass is 10.1. The number of nitrogens with two attached hydrogens (primary N) is 1. The third-order valence-corrected chi connectivity index (χ3v) is 2.07. The number of hydrogen-bond donors (Lipinski definition) is 2. The van der Waals surface area contributed by atoms with E-state index in [1.54, 1.807) is 0 Å². The fourth-order valence-electron chi connectivity index (χ4n) is 0.999. The third kappa shape index (κ3) is 2.24. The molecular formula is C8H8BrF2NO. The molecule has 0 amide bonds. The minimum atomic E-state index is -1.02. The van der Waals surface area contributed by atoms with Crippen LogP contribution in [-0.2, 0) is 0 Å². The van der Waals surface area contributed by atoms with Crippen molar-refractivity contribution in [1.82, 2.24) is 0 Å². The first kappa shape index (κ1) is 10.6. The van der Waals surface area contributed by atoms with Crippen LogP contribution in [-0.4, -0.2) is 11.7 Å². The average molecular weight is 252 g/mol. The lowest BCUT2D eigenvalue weighted by Crippen LogP contribution is -2.17. The number of aliphatic hydroxyl groups is 1. The van der Waals surface area contributed by atoms with Gasteiger partial charge in [-0.05, 0) is 12.1 Å². The van der Waals surface area contributed by atoms with Crippen LogP contribution >= 0.6 is 15.9 Å². The highest BCUT2D eigenvalue weighted by molar-refractivity contribution is 9.10. The predicted molar refractivity (Wildman–Crippen MR) is 48.1 cm³/mol. The van der Waals surface area contributed by atoms with Crippen LogP contribution in [0.15, 0.2) is 16.6 Å². The Labute approximate surface area is 82.5 Å². The van der Waals surface area contributed by atoms with Crippen molar-refractivity contribution in [2.24, 2.45) is 5.73 Å². The first-order chi connectivity index (χ1) is 6.06. The van der Waals surface area contributed by atoms with Crippen LogP contribution in [0, 0.1) is 11.6 Å². The van der Waals surface area contributed by atoms with E-state index < -0.39 is 24.3 Å². The van der Waals surface area contributed by atoms with Crippen LogP contribution in [0.4, 0.5) is 8.78 Å². The van der Waals surface area contributed by atoms with E-state index in [9.17, 15) is 8.78 Å². The van der Waals surface area contributed by atoms with E-state index in [2.05, 4.69) is 15.9 Å². The van der Waals surface area contributed by atoms with Gasteiger partial charge in [-0.1, -0.05) is 15.9 Å². The largest absolute Gasteiger partial charge is 0.394 e. The highest BCUT2D eigenvalue weighted by Gasteiger charge is 2.16. The molecule has 0 heterocycles. The first-order valence-electron chi connectivity index (χ1n) is 3.57. The molecular weight excluding hydrogens is 244 g/mol. The van der Waals surface area contributed by atoms with Crippen LogP contribution in [0.25, 0.3) is 0 Å². The second-order valence-corrected chi connectivity index (χ2v) is 3.49. The first-order valence-corrected chi connectivity index (χ1v) is 4.36. The van der Waals surface area contributed by atoms with Gasteiger partial charge in [0.05, 0.1) is 12.6 Å². The molecule has 1 atom stereocenters. The van der Waals surface area contributed by atoms with Crippen molar-refractivity contribution in [3.63, 3.8) is 0 Å². The van der Waals surface area contributed by atoms with Gasteiger partial charge in [0.15, 0.2) is 0 Å². The number of benzene rings is 1. The molecule has 0 unspecified atom stereocenters. The van der Waals surface area contributed by atoms with Crippen molar-refractivity contribution >= 4 is 15.9 Å². The Kier molecular flexibility index (Phi) is 3.35. The summed E-state index contributed by atoms with van der Waals surface area (Å²) in [5.74, 6) is -1.51. The second kappa shape index (κ2) is 4.13. The van der Waals surface area contributed by atoms with Gasteiger partial charge in [0.25, 0.3) is 0 Å². The molecule has 0 aliphatic rings. The van der Waals surface area contributed by atoms with E-state index in [4.69, 9.17) is 10.8 Å². The van der Waals surface area contributed by atoms with Crippen LogP contribution in [0.2, 0.25) is 0 Å². The Morgan fingerprint density at radius 1 is 1.38 bits per heavy atom. The lowest BCUT2D eigenvalue weighted by Gasteiger charge is -2.10. The lowest BCUT2D eigenvalue weighted by molar-refractivity contribution is 0.262. The maximum atomic E-state index is 13.1. The van der Waals surface area contributed by atoms with Gasteiger partial charge in [0.2, 0.25) is 0 Å². The Balaban J connectivity index is 3.20. The molecule has 72 valence electrons. The minimum absolute atomic E-state index is 0.286. The zero-order valence-electron chi connectivity index (χ0n) is 6.60. The number of hydrogen-bond acceptors (Lipinski definition) is 2. The molecule has 1 rings (SSSR count). The van der Waals surface area contributed by atoms with E-state index in [0.717, 1.165) is 12.1 Å². The Morgan fingerprint density at radius 3 is 2.23 bits per heavy atom. The summed E-state index contributed by atoms with van der Waals surface area (Å²) in [5.41, 5.74) is 5.01. The van der Waals surface area contributed by atoms with E-state index in [1.807, 2.05) is 0 Å². The number of aliphatic hydroxyl groups excluding tert-OH is 1. The average Bonchev–Trinajstić information content (AvgIpc) is 2.02. The van der Waals surface area contributed by atoms with Gasteiger partial charge >= 0.3 is 0 Å². The molecule has 0 aliphatic carbocycles. The van der Waals surface area contributed by atoms with Crippen LogP contribution in [0.1, 0.15) is 11.6 Å². The van der Waals surface area contributed by atoms with Gasteiger partial charge < -0.3 is 10.8 Å². The van der Waals surface area contributed by atoms with Gasteiger partial charge in [0.1, 0.15) is 11.6 Å². The maximum absolute atomic E-state index is 13.1. The molecule has 13 heavy (non-hydrogen) atoms. The topological polar surface area (TPSA) is 46.2 Å². The van der Waals surface area contributed by atoms with Crippen molar-refractivity contribution < 1.29 is 13.9 Å². The van der Waals surface area contributed by atoms with Gasteiger partial charge in [-0.3, -0.25) is 0 Å². The summed E-state index contributed by atoms with van der Waals surface area (Å²) in [6.07, 6.45) is 0. The predicted octanol–water partition coefficient (Wildman–Crippen LogP) is 1.72. The molecule has 0 bridgehead atoms. The van der Waals surface area contributed by atoms with E-state index in [0.29, 0.717) is 4.47 Å². The van der Waals surface area contributed by atoms with E-state index >= 15 is 0 Å². The molecule has 5 heteroatoms. The highest BCUT2D eigenvalue weighted by Crippen LogP contribution is 2.23. The molecule has 0 spiro atoms. The maximum Gasteiger partial charge on any atom is 0.132 e. The summed E-state index contributed by atoms with van der Waals surface area (Å²) in [7, 11) is 0. The smallest absolute Gasteiger partial charge is 0.132 e. The Bertz CT molecular complexity index is 296. The van der Waals surface area contributed by atoms with Gasteiger partial charge in [-0.15, -0.1) is 0 Å². The second-order valence-electron chi connectivity index (χ2n) is 2.57. The molecule has 1 aromatic carbocycles. The van der Waals surface area contributed by atoms with E-state index in [1.165, 1.54) is 0 Å². The summed E-state index contributed by atoms with van der Waals surface area (Å²) in [5, 5.41) is 8.64. The molecule has 1 aromatic rings. The van der Waals surface area contributed by atoms with Gasteiger partial charge in [0, 0.05) is 10.0 Å². The molecule has 0 radical (unpaired) electrons. The molecule has 2 nitrogen and oxygen atoms in total. The Hall–Kier alpha value is -0.520. The fourth-order valence-corrected chi connectivity index (χ4v) is 1.40. The monoisotopic (exact) mass is 251 g/mol. The Morgan fingerprint density at radius 2 is 1.85 bits per heavy atom. The summed E-state index contributed by atoms with van der Waals surface area (Å²) in [6.45, 7) is -0.491. The van der Waals surface area contributed by atoms with Crippen molar-refractivity contribution in [2.45, 2.75) is 6.04 Å². The summed E-state index contributed by atoms with van der Waals surface area (Å²) in [4.78, 5) is 0. The van der Waals surface area contributed by atoms with Crippen molar-refractivity contribution in [2.75, 3.05) is 6.61 Å². The van der Waals surface area contributed by atoms with Crippen LogP contribution in [0.5, 0.6) is 0 Å². The standard InChI is InChI=1S/C8H8BrF2NO/c9-4-1-5(10)8(6(11)2-4)7(12)3-13/h1-2,7,13H,3,12H2/t7-/m1/s1. The fraction of sp³-hybridized carbons (Fsp3) is 0.250. The molecule has 0 saturated heterocycles. The third-order valence-electron chi connectivity index (χ3n) is 1.61. The quantitative estimate of drug-likeness (QED) is 0.841. The summed E-state index contributed by atoms with van der Waals surface area (Å²) >= 11 is 2.93. The normalized spacial score (nSPS) is 13.0. The van der Waals surface area contributed by atoms with Crippen molar-refractivity contribution in [1.29, 1.82) is 0 Å². The molecule has 0 saturated carbocycles. The highest BCUT2D eigenvalue weighted by atomic mass is 79.9.